The van der Waals surface area contributed by atoms with Gasteiger partial charge in [-0.25, -0.2) is 15.0 Å². The van der Waals surface area contributed by atoms with E-state index >= 15 is 0 Å². The summed E-state index contributed by atoms with van der Waals surface area (Å²) in [6.45, 7) is 2.14. The van der Waals surface area contributed by atoms with E-state index in [2.05, 4.69) is 20.3 Å². The molecule has 0 bridgehead atoms. The molecule has 126 valence electrons. The van der Waals surface area contributed by atoms with Crippen molar-refractivity contribution >= 4 is 17.0 Å². The number of aromatic nitrogens is 4. The Morgan fingerprint density at radius 2 is 1.96 bits per heavy atom. The number of fused-ring (bicyclic) bond motifs is 1. The van der Waals surface area contributed by atoms with Crippen LogP contribution >= 0.6 is 0 Å². The maximum Gasteiger partial charge on any atom is 0.165 e. The number of nitrogens with zero attached hydrogens (tertiary/aromatic N) is 4. The predicted octanol–water partition coefficient (Wildman–Crippen LogP) is 1.78. The van der Waals surface area contributed by atoms with Crippen LogP contribution in [0.4, 0.5) is 5.82 Å². The molecule has 24 heavy (non-hydrogen) atoms. The monoisotopic (exact) mass is 327 g/mol. The standard InChI is InChI=1S/C17H21N5O2/c1-17(23,8-12-4-6-13(24-3)7-5-12)9-18-15-14-16(20-10-19-15)22(2)11-21-14/h4-7,10-11,23H,8-9H2,1-3H3,(H,18,19,20). The van der Waals surface area contributed by atoms with Crippen molar-refractivity contribution < 1.29 is 9.84 Å². The number of aryl methyl sites for hydroxylation is 1. The molecule has 2 N–H and O–H groups in total. The molecule has 0 spiro atoms. The fraction of sp³-hybridized carbons (Fsp3) is 0.353. The van der Waals surface area contributed by atoms with Crippen LogP contribution in [-0.2, 0) is 13.5 Å². The summed E-state index contributed by atoms with van der Waals surface area (Å²) in [6.07, 6.45) is 3.70. The number of hydrogen-bond donors (Lipinski definition) is 2. The second-order valence-electron chi connectivity index (χ2n) is 6.13. The van der Waals surface area contributed by atoms with Crippen molar-refractivity contribution in [3.8, 4) is 5.75 Å². The molecule has 3 rings (SSSR count). The molecule has 0 radical (unpaired) electrons. The highest BCUT2D eigenvalue weighted by molar-refractivity contribution is 5.82. The zero-order chi connectivity index (χ0) is 17.2. The fourth-order valence-electron chi connectivity index (χ4n) is 2.59. The molecule has 7 nitrogen and oxygen atoms in total. The second-order valence-corrected chi connectivity index (χ2v) is 6.13. The van der Waals surface area contributed by atoms with Gasteiger partial charge in [0.15, 0.2) is 11.5 Å². The van der Waals surface area contributed by atoms with Gasteiger partial charge in [0.05, 0.1) is 19.0 Å². The molecule has 0 aliphatic rings. The van der Waals surface area contributed by atoms with Gasteiger partial charge in [-0.15, -0.1) is 0 Å². The molecular formula is C17H21N5O2. The molecule has 0 amide bonds. The molecule has 1 aromatic carbocycles. The maximum absolute atomic E-state index is 10.7. The van der Waals surface area contributed by atoms with Gasteiger partial charge in [0, 0.05) is 20.0 Å². The van der Waals surface area contributed by atoms with Crippen LogP contribution in [0, 0.1) is 0 Å². The van der Waals surface area contributed by atoms with Gasteiger partial charge >= 0.3 is 0 Å². The van der Waals surface area contributed by atoms with Gasteiger partial charge in [0.2, 0.25) is 0 Å². The Kier molecular flexibility index (Phi) is 4.35. The van der Waals surface area contributed by atoms with Gasteiger partial charge in [0.25, 0.3) is 0 Å². The number of hydrogen-bond acceptors (Lipinski definition) is 6. The molecule has 7 heteroatoms. The van der Waals surface area contributed by atoms with Crippen LogP contribution in [0.25, 0.3) is 11.2 Å². The predicted molar refractivity (Wildman–Crippen MR) is 92.1 cm³/mol. The topological polar surface area (TPSA) is 85.1 Å². The maximum atomic E-state index is 10.7. The summed E-state index contributed by atoms with van der Waals surface area (Å²) in [5.74, 6) is 1.42. The van der Waals surface area contributed by atoms with Crippen molar-refractivity contribution in [1.82, 2.24) is 19.5 Å². The molecule has 0 fully saturated rings. The molecule has 3 aromatic rings. The number of anilines is 1. The molecule has 1 atom stereocenters. The average molecular weight is 327 g/mol. The van der Waals surface area contributed by atoms with Crippen LogP contribution in [0.2, 0.25) is 0 Å². The van der Waals surface area contributed by atoms with Crippen LogP contribution < -0.4 is 10.1 Å². The van der Waals surface area contributed by atoms with Crippen LogP contribution in [0.1, 0.15) is 12.5 Å². The Balaban J connectivity index is 1.69. The third-order valence-electron chi connectivity index (χ3n) is 3.88. The van der Waals surface area contributed by atoms with Gasteiger partial charge in [-0.2, -0.15) is 0 Å². The van der Waals surface area contributed by atoms with Gasteiger partial charge in [-0.05, 0) is 24.6 Å². The fourth-order valence-corrected chi connectivity index (χ4v) is 2.59. The van der Waals surface area contributed by atoms with Gasteiger partial charge < -0.3 is 19.7 Å². The molecule has 2 aromatic heterocycles. The lowest BCUT2D eigenvalue weighted by Crippen LogP contribution is -2.36. The minimum absolute atomic E-state index is 0.349. The summed E-state index contributed by atoms with van der Waals surface area (Å²) < 4.78 is 6.98. The highest BCUT2D eigenvalue weighted by atomic mass is 16.5. The smallest absolute Gasteiger partial charge is 0.165 e. The summed E-state index contributed by atoms with van der Waals surface area (Å²) in [4.78, 5) is 12.7. The van der Waals surface area contributed by atoms with Crippen LogP contribution in [0.3, 0.4) is 0 Å². The zero-order valence-corrected chi connectivity index (χ0v) is 14.0. The van der Waals surface area contributed by atoms with Crippen molar-refractivity contribution in [3.05, 3.63) is 42.5 Å². The minimum Gasteiger partial charge on any atom is -0.497 e. The first-order chi connectivity index (χ1) is 11.5. The third-order valence-corrected chi connectivity index (χ3v) is 3.88. The molecule has 0 aliphatic carbocycles. The van der Waals surface area contributed by atoms with Gasteiger partial charge in [-0.1, -0.05) is 12.1 Å². The summed E-state index contributed by atoms with van der Waals surface area (Å²) in [6, 6.07) is 7.69. The first kappa shape index (κ1) is 16.2. The number of benzene rings is 1. The summed E-state index contributed by atoms with van der Waals surface area (Å²) in [5.41, 5.74) is 1.55. The highest BCUT2D eigenvalue weighted by Crippen LogP contribution is 2.20. The largest absolute Gasteiger partial charge is 0.497 e. The van der Waals surface area contributed by atoms with E-state index in [1.54, 1.807) is 20.4 Å². The normalized spacial score (nSPS) is 13.7. The Hall–Kier alpha value is -2.67. The summed E-state index contributed by atoms with van der Waals surface area (Å²) in [7, 11) is 3.51. The summed E-state index contributed by atoms with van der Waals surface area (Å²) in [5, 5.41) is 13.9. The Labute approximate surface area is 140 Å². The van der Waals surface area contributed by atoms with Crippen molar-refractivity contribution in [1.29, 1.82) is 0 Å². The molecular weight excluding hydrogens is 306 g/mol. The second kappa shape index (κ2) is 6.45. The quantitative estimate of drug-likeness (QED) is 0.718. The number of imidazole rings is 1. The van der Waals surface area contributed by atoms with E-state index in [0.29, 0.717) is 24.3 Å². The van der Waals surface area contributed by atoms with E-state index in [-0.39, 0.29) is 0 Å². The number of rotatable bonds is 6. The van der Waals surface area contributed by atoms with E-state index in [4.69, 9.17) is 4.74 Å². The number of ether oxygens (including phenoxy) is 1. The molecule has 0 saturated carbocycles. The van der Waals surface area contributed by atoms with Gasteiger partial charge in [-0.3, -0.25) is 0 Å². The van der Waals surface area contributed by atoms with Gasteiger partial charge in [0.1, 0.15) is 17.6 Å². The van der Waals surface area contributed by atoms with Crippen LogP contribution in [0.5, 0.6) is 5.75 Å². The Morgan fingerprint density at radius 1 is 1.21 bits per heavy atom. The number of aliphatic hydroxyl groups is 1. The van der Waals surface area contributed by atoms with Crippen LogP contribution in [0.15, 0.2) is 36.9 Å². The molecule has 0 aliphatic heterocycles. The highest BCUT2D eigenvalue weighted by Gasteiger charge is 2.22. The lowest BCUT2D eigenvalue weighted by molar-refractivity contribution is 0.0741. The average Bonchev–Trinajstić information content (AvgIpc) is 2.95. The SMILES string of the molecule is COc1ccc(CC(C)(O)CNc2ncnc3c2ncn3C)cc1. The number of nitrogens with one attached hydrogen (secondary N) is 1. The zero-order valence-electron chi connectivity index (χ0n) is 14.0. The Bertz CT molecular complexity index is 827. The minimum atomic E-state index is -0.930. The first-order valence-corrected chi connectivity index (χ1v) is 7.70. The van der Waals surface area contributed by atoms with Crippen molar-refractivity contribution in [2.45, 2.75) is 18.9 Å². The Morgan fingerprint density at radius 3 is 2.67 bits per heavy atom. The van der Waals surface area contributed by atoms with Crippen molar-refractivity contribution in [2.75, 3.05) is 19.0 Å². The van der Waals surface area contributed by atoms with Crippen LogP contribution in [-0.4, -0.2) is 43.9 Å². The van der Waals surface area contributed by atoms with E-state index in [9.17, 15) is 5.11 Å². The number of methoxy groups -OCH3 is 1. The van der Waals surface area contributed by atoms with E-state index < -0.39 is 5.60 Å². The van der Waals surface area contributed by atoms with Crippen molar-refractivity contribution in [3.63, 3.8) is 0 Å². The molecule has 0 saturated heterocycles. The van der Waals surface area contributed by atoms with Crippen molar-refractivity contribution in [2.24, 2.45) is 7.05 Å². The summed E-state index contributed by atoms with van der Waals surface area (Å²) >= 11 is 0. The van der Waals surface area contributed by atoms with E-state index in [0.717, 1.165) is 17.0 Å². The first-order valence-electron chi connectivity index (χ1n) is 7.70. The molecule has 2 heterocycles. The van der Waals surface area contributed by atoms with E-state index in [1.807, 2.05) is 35.9 Å². The lowest BCUT2D eigenvalue weighted by atomic mass is 9.96. The van der Waals surface area contributed by atoms with E-state index in [1.165, 1.54) is 6.33 Å². The third kappa shape index (κ3) is 3.46. The lowest BCUT2D eigenvalue weighted by Gasteiger charge is -2.24. The molecule has 1 unspecified atom stereocenters.